The number of carbonyl (C=O) groups excluding carboxylic acids is 2. The zero-order valence-electron chi connectivity index (χ0n) is 14.1. The molecule has 0 radical (unpaired) electrons. The van der Waals surface area contributed by atoms with Crippen LogP contribution in [0.15, 0.2) is 42.6 Å². The Morgan fingerprint density at radius 1 is 1.21 bits per heavy atom. The molecule has 1 aromatic heterocycles. The molecule has 1 saturated heterocycles. The highest BCUT2D eigenvalue weighted by atomic mass is 16.2. The van der Waals surface area contributed by atoms with Gasteiger partial charge in [-0.1, -0.05) is 38.1 Å². The van der Waals surface area contributed by atoms with Crippen molar-refractivity contribution in [2.24, 2.45) is 0 Å². The first-order chi connectivity index (χ1) is 11.3. The second-order valence-electron chi connectivity index (χ2n) is 6.63. The van der Waals surface area contributed by atoms with E-state index < -0.39 is 6.04 Å². The number of nitrogens with one attached hydrogen (secondary N) is 3. The maximum atomic E-state index is 12.2. The van der Waals surface area contributed by atoms with E-state index in [4.69, 9.17) is 0 Å². The zero-order valence-corrected chi connectivity index (χ0v) is 14.1. The molecular formula is C19H21N3O2. The first-order valence-electron chi connectivity index (χ1n) is 7.91. The second-order valence-corrected chi connectivity index (χ2v) is 6.63. The molecule has 5 heteroatoms. The molecule has 0 bridgehead atoms. The molecule has 0 spiro atoms. The average molecular weight is 323 g/mol. The molecule has 5 nitrogen and oxygen atoms in total. The summed E-state index contributed by atoms with van der Waals surface area (Å²) in [5, 5.41) is 6.34. The number of aromatic nitrogens is 1. The smallest absolute Gasteiger partial charge is 0.268 e. The number of H-pyrrole nitrogens is 1. The largest absolute Gasteiger partial charge is 0.357 e. The number of hydrogen-bond donors (Lipinski definition) is 3. The highest BCUT2D eigenvalue weighted by molar-refractivity contribution is 6.08. The Bertz CT molecular complexity index is 874. The quantitative estimate of drug-likeness (QED) is 0.600. The van der Waals surface area contributed by atoms with Crippen LogP contribution in [-0.2, 0) is 15.0 Å². The van der Waals surface area contributed by atoms with Crippen molar-refractivity contribution in [2.45, 2.75) is 32.2 Å². The molecule has 1 atom stereocenters. The van der Waals surface area contributed by atoms with Gasteiger partial charge < -0.3 is 15.6 Å². The first kappa shape index (κ1) is 16.1. The Labute approximate surface area is 140 Å². The molecular weight excluding hydrogens is 302 g/mol. The van der Waals surface area contributed by atoms with Gasteiger partial charge >= 0.3 is 0 Å². The van der Waals surface area contributed by atoms with E-state index in [0.29, 0.717) is 0 Å². The fourth-order valence-corrected chi connectivity index (χ4v) is 2.81. The number of benzene rings is 1. The maximum Gasteiger partial charge on any atom is 0.268 e. The summed E-state index contributed by atoms with van der Waals surface area (Å²) in [5.41, 5.74) is 2.75. The zero-order chi connectivity index (χ0) is 17.5. The molecule has 3 N–H and O–H groups in total. The van der Waals surface area contributed by atoms with Crippen molar-refractivity contribution in [3.8, 4) is 0 Å². The van der Waals surface area contributed by atoms with Gasteiger partial charge in [0.25, 0.3) is 5.91 Å². The van der Waals surface area contributed by atoms with Gasteiger partial charge in [-0.3, -0.25) is 9.59 Å². The Kier molecular flexibility index (Phi) is 3.79. The summed E-state index contributed by atoms with van der Waals surface area (Å²) in [4.78, 5) is 27.5. The number of para-hydroxylation sites is 1. The van der Waals surface area contributed by atoms with E-state index in [0.717, 1.165) is 22.2 Å². The van der Waals surface area contributed by atoms with Crippen molar-refractivity contribution in [3.05, 3.63) is 53.9 Å². The lowest BCUT2D eigenvalue weighted by molar-refractivity contribution is -0.130. The van der Waals surface area contributed by atoms with Gasteiger partial charge in [0.2, 0.25) is 5.91 Å². The van der Waals surface area contributed by atoms with Crippen LogP contribution in [0.4, 0.5) is 0 Å². The Balaban J connectivity index is 2.20. The summed E-state index contributed by atoms with van der Waals surface area (Å²) < 4.78 is 0. The number of rotatable bonds is 3. The normalized spacial score (nSPS) is 20.1. The van der Waals surface area contributed by atoms with Crippen LogP contribution in [0.3, 0.4) is 0 Å². The molecule has 3 rings (SSSR count). The predicted molar refractivity (Wildman–Crippen MR) is 95.2 cm³/mol. The molecule has 1 aliphatic rings. The first-order valence-corrected chi connectivity index (χ1v) is 7.91. The van der Waals surface area contributed by atoms with E-state index in [-0.39, 0.29) is 22.9 Å². The molecule has 1 aliphatic heterocycles. The third kappa shape index (κ3) is 2.62. The second kappa shape index (κ2) is 5.67. The monoisotopic (exact) mass is 323 g/mol. The van der Waals surface area contributed by atoms with Gasteiger partial charge in [0.15, 0.2) is 0 Å². The number of fused-ring (bicyclic) bond motifs is 1. The Morgan fingerprint density at radius 3 is 2.62 bits per heavy atom. The fraction of sp³-hybridized carbons (Fsp3) is 0.263. The Hall–Kier alpha value is -2.82. The van der Waals surface area contributed by atoms with Crippen LogP contribution in [0.2, 0.25) is 0 Å². The molecule has 0 saturated carbocycles. The lowest BCUT2D eigenvalue weighted by Gasteiger charge is -2.23. The van der Waals surface area contributed by atoms with Gasteiger partial charge in [0.05, 0.1) is 0 Å². The summed E-state index contributed by atoms with van der Waals surface area (Å²) in [6.07, 6.45) is 3.60. The number of carbonyl (C=O) groups is 2. The maximum absolute atomic E-state index is 12.2. The number of allylic oxidation sites excluding steroid dienone is 1. The van der Waals surface area contributed by atoms with Gasteiger partial charge in [-0.25, -0.2) is 0 Å². The highest BCUT2D eigenvalue weighted by Crippen LogP contribution is 2.33. The van der Waals surface area contributed by atoms with E-state index in [1.165, 1.54) is 0 Å². The number of amides is 2. The van der Waals surface area contributed by atoms with Crippen molar-refractivity contribution in [1.29, 1.82) is 0 Å². The van der Waals surface area contributed by atoms with Crippen LogP contribution in [0.1, 0.15) is 32.0 Å². The van der Waals surface area contributed by atoms with Crippen LogP contribution >= 0.6 is 0 Å². The van der Waals surface area contributed by atoms with Gasteiger partial charge in [0, 0.05) is 27.6 Å². The van der Waals surface area contributed by atoms with Crippen molar-refractivity contribution < 1.29 is 9.59 Å². The van der Waals surface area contributed by atoms with E-state index in [1.807, 2.05) is 44.2 Å². The standard InChI is InChI=1S/C19H21N3O2/c1-5-19(3,4)16-13(12-8-6-7-9-14(12)21-16)10-15-18(24)20-11(2)17(23)22-15/h5-11,21H,1H2,2-4H3,(H,20,24)(H,22,23)/b15-10-. The minimum atomic E-state index is -0.526. The van der Waals surface area contributed by atoms with Crippen LogP contribution in [0.5, 0.6) is 0 Å². The summed E-state index contributed by atoms with van der Waals surface area (Å²) in [7, 11) is 0. The minimum Gasteiger partial charge on any atom is -0.357 e. The summed E-state index contributed by atoms with van der Waals surface area (Å²) in [5.74, 6) is -0.500. The lowest BCUT2D eigenvalue weighted by Crippen LogP contribution is -2.53. The SMILES string of the molecule is C=CC(C)(C)c1[nH]c2ccccc2c1/C=C1\NC(=O)C(C)NC1=O. The molecule has 2 amide bonds. The summed E-state index contributed by atoms with van der Waals surface area (Å²) >= 11 is 0. The van der Waals surface area contributed by atoms with E-state index in [9.17, 15) is 9.59 Å². The average Bonchev–Trinajstić information content (AvgIpc) is 2.92. The lowest BCUT2D eigenvalue weighted by atomic mass is 9.86. The van der Waals surface area contributed by atoms with E-state index in [2.05, 4.69) is 22.2 Å². The van der Waals surface area contributed by atoms with E-state index in [1.54, 1.807) is 13.0 Å². The fourth-order valence-electron chi connectivity index (χ4n) is 2.81. The third-order valence-electron chi connectivity index (χ3n) is 4.43. The van der Waals surface area contributed by atoms with Gasteiger partial charge in [0.1, 0.15) is 11.7 Å². The van der Waals surface area contributed by atoms with Crippen LogP contribution < -0.4 is 10.6 Å². The predicted octanol–water partition coefficient (Wildman–Crippen LogP) is 2.61. The van der Waals surface area contributed by atoms with Gasteiger partial charge in [-0.2, -0.15) is 0 Å². The molecule has 1 aromatic carbocycles. The van der Waals surface area contributed by atoms with Crippen LogP contribution in [0.25, 0.3) is 17.0 Å². The number of aromatic amines is 1. The van der Waals surface area contributed by atoms with Gasteiger partial charge in [-0.05, 0) is 19.1 Å². The van der Waals surface area contributed by atoms with Crippen molar-refractivity contribution in [1.82, 2.24) is 15.6 Å². The highest BCUT2D eigenvalue weighted by Gasteiger charge is 2.28. The number of piperazine rings is 1. The molecule has 2 aromatic rings. The molecule has 124 valence electrons. The third-order valence-corrected chi connectivity index (χ3v) is 4.43. The van der Waals surface area contributed by atoms with Crippen molar-refractivity contribution in [2.75, 3.05) is 0 Å². The van der Waals surface area contributed by atoms with Crippen LogP contribution in [0, 0.1) is 0 Å². The Morgan fingerprint density at radius 2 is 1.92 bits per heavy atom. The molecule has 2 heterocycles. The molecule has 24 heavy (non-hydrogen) atoms. The topological polar surface area (TPSA) is 74.0 Å². The van der Waals surface area contributed by atoms with Crippen molar-refractivity contribution >= 4 is 28.8 Å². The molecule has 0 aliphatic carbocycles. The minimum absolute atomic E-state index is 0.217. The number of hydrogen-bond acceptors (Lipinski definition) is 2. The van der Waals surface area contributed by atoms with Gasteiger partial charge in [-0.15, -0.1) is 6.58 Å². The van der Waals surface area contributed by atoms with E-state index >= 15 is 0 Å². The van der Waals surface area contributed by atoms with Crippen LogP contribution in [-0.4, -0.2) is 22.8 Å². The summed E-state index contributed by atoms with van der Waals surface area (Å²) in [6.45, 7) is 9.67. The molecule has 1 unspecified atom stereocenters. The summed E-state index contributed by atoms with van der Waals surface area (Å²) in [6, 6.07) is 7.36. The van der Waals surface area contributed by atoms with Crippen molar-refractivity contribution in [3.63, 3.8) is 0 Å². The molecule has 1 fully saturated rings.